The summed E-state index contributed by atoms with van der Waals surface area (Å²) in [5.41, 5.74) is 0.545. The average molecular weight is 457 g/mol. The number of anilines is 1. The van der Waals surface area contributed by atoms with Gasteiger partial charge in [-0.1, -0.05) is 36.7 Å². The van der Waals surface area contributed by atoms with Crippen molar-refractivity contribution < 1.29 is 29.0 Å². The molecule has 2 aliphatic rings. The molecule has 0 saturated carbocycles. The van der Waals surface area contributed by atoms with Crippen LogP contribution in [0.25, 0.3) is 0 Å². The molecule has 1 N–H and O–H groups in total. The number of aliphatic hydroxyl groups is 1. The van der Waals surface area contributed by atoms with Gasteiger partial charge in [-0.3, -0.25) is 9.69 Å². The van der Waals surface area contributed by atoms with E-state index in [0.29, 0.717) is 18.8 Å². The number of benzene rings is 2. The summed E-state index contributed by atoms with van der Waals surface area (Å²) in [7, 11) is 0. The minimum atomic E-state index is -0.844. The van der Waals surface area contributed by atoms with Crippen molar-refractivity contribution in [2.24, 2.45) is 0 Å². The standard InChI is InChI=1S/C23H21ClN2O6/c1-2-25-12-17(18(27)13-25)26(14-6-4-3-5-7-14)23(30)15-8-9-16(24)22-21(15)31-19(28)10-11-20(29)32-22/h3-11,17-18,27H,2,12-13H2,1H3/b11-10+. The Kier molecular flexibility index (Phi) is 6.27. The molecule has 2 atom stereocenters. The number of para-hydroxylation sites is 1. The van der Waals surface area contributed by atoms with Crippen LogP contribution in [0, 0.1) is 0 Å². The number of aliphatic hydroxyl groups excluding tert-OH is 1. The van der Waals surface area contributed by atoms with Gasteiger partial charge in [-0.15, -0.1) is 0 Å². The number of carbonyl (C=O) groups is 3. The molecule has 2 aromatic rings. The van der Waals surface area contributed by atoms with E-state index in [9.17, 15) is 19.5 Å². The number of esters is 2. The lowest BCUT2D eigenvalue weighted by Crippen LogP contribution is -2.47. The molecule has 2 heterocycles. The summed E-state index contributed by atoms with van der Waals surface area (Å²) in [6.45, 7) is 3.59. The predicted molar refractivity (Wildman–Crippen MR) is 117 cm³/mol. The number of fused-ring (bicyclic) bond motifs is 1. The van der Waals surface area contributed by atoms with Gasteiger partial charge in [0, 0.05) is 30.9 Å². The highest BCUT2D eigenvalue weighted by molar-refractivity contribution is 6.33. The van der Waals surface area contributed by atoms with E-state index in [0.717, 1.165) is 18.7 Å². The Morgan fingerprint density at radius 3 is 2.34 bits per heavy atom. The van der Waals surface area contributed by atoms with Crippen molar-refractivity contribution in [3.05, 3.63) is 65.2 Å². The molecule has 1 fully saturated rings. The Bertz CT molecular complexity index is 1090. The largest absolute Gasteiger partial charge is 0.418 e. The van der Waals surface area contributed by atoms with Gasteiger partial charge in [0.05, 0.1) is 22.7 Å². The van der Waals surface area contributed by atoms with Crippen molar-refractivity contribution in [1.82, 2.24) is 4.90 Å². The van der Waals surface area contributed by atoms with Crippen LogP contribution in [-0.2, 0) is 9.59 Å². The van der Waals surface area contributed by atoms with E-state index in [1.807, 2.05) is 17.9 Å². The number of carbonyl (C=O) groups excluding carboxylic acids is 3. The van der Waals surface area contributed by atoms with Crippen LogP contribution in [0.4, 0.5) is 5.69 Å². The quantitative estimate of drug-likeness (QED) is 0.557. The van der Waals surface area contributed by atoms with E-state index in [2.05, 4.69) is 0 Å². The van der Waals surface area contributed by atoms with Crippen LogP contribution in [0.2, 0.25) is 5.02 Å². The van der Waals surface area contributed by atoms with Crippen molar-refractivity contribution >= 4 is 35.1 Å². The second-order valence-electron chi connectivity index (χ2n) is 7.43. The molecule has 1 amide bonds. The number of rotatable bonds is 4. The Balaban J connectivity index is 1.82. The summed E-state index contributed by atoms with van der Waals surface area (Å²) in [5, 5.41) is 10.8. The number of ether oxygens (including phenoxy) is 2. The fourth-order valence-corrected chi connectivity index (χ4v) is 4.03. The van der Waals surface area contributed by atoms with Crippen LogP contribution in [0.5, 0.6) is 11.5 Å². The lowest BCUT2D eigenvalue weighted by atomic mass is 10.1. The van der Waals surface area contributed by atoms with Gasteiger partial charge in [-0.05, 0) is 30.8 Å². The van der Waals surface area contributed by atoms with E-state index in [1.54, 1.807) is 24.3 Å². The molecule has 2 unspecified atom stereocenters. The molecule has 0 aromatic heterocycles. The predicted octanol–water partition coefficient (Wildman–Crippen LogP) is 2.43. The van der Waals surface area contributed by atoms with Crippen LogP contribution in [0.3, 0.4) is 0 Å². The van der Waals surface area contributed by atoms with Crippen molar-refractivity contribution in [2.45, 2.75) is 19.1 Å². The zero-order valence-corrected chi connectivity index (χ0v) is 18.0. The average Bonchev–Trinajstić information content (AvgIpc) is 3.15. The lowest BCUT2D eigenvalue weighted by Gasteiger charge is -2.31. The molecule has 0 radical (unpaired) electrons. The topological polar surface area (TPSA) is 96.4 Å². The molecular formula is C23H21ClN2O6. The minimum Gasteiger partial charge on any atom is -0.418 e. The van der Waals surface area contributed by atoms with Crippen molar-refractivity contribution in [2.75, 3.05) is 24.5 Å². The smallest absolute Gasteiger partial charge is 0.336 e. The second-order valence-corrected chi connectivity index (χ2v) is 7.83. The molecule has 0 bridgehead atoms. The number of amides is 1. The number of hydrogen-bond acceptors (Lipinski definition) is 7. The van der Waals surface area contributed by atoms with Crippen LogP contribution >= 0.6 is 11.6 Å². The van der Waals surface area contributed by atoms with Crippen LogP contribution in [0.1, 0.15) is 17.3 Å². The normalized spacial score (nSPS) is 21.7. The Hall–Kier alpha value is -3.20. The fraction of sp³-hybridized carbons (Fsp3) is 0.261. The molecule has 166 valence electrons. The summed E-state index contributed by atoms with van der Waals surface area (Å²) in [5.74, 6) is -2.65. The van der Waals surface area contributed by atoms with Gasteiger partial charge in [0.15, 0.2) is 11.5 Å². The first kappa shape index (κ1) is 22.0. The van der Waals surface area contributed by atoms with Gasteiger partial charge >= 0.3 is 11.9 Å². The highest BCUT2D eigenvalue weighted by Crippen LogP contribution is 2.40. The third-order valence-corrected chi connectivity index (χ3v) is 5.72. The monoisotopic (exact) mass is 456 g/mol. The molecule has 1 saturated heterocycles. The van der Waals surface area contributed by atoms with Crippen LogP contribution in [0.15, 0.2) is 54.6 Å². The zero-order chi connectivity index (χ0) is 22.8. The molecule has 8 nitrogen and oxygen atoms in total. The molecule has 4 rings (SSSR count). The summed E-state index contributed by atoms with van der Waals surface area (Å²) in [6, 6.07) is 11.2. The van der Waals surface area contributed by atoms with Gasteiger partial charge in [0.25, 0.3) is 5.91 Å². The van der Waals surface area contributed by atoms with Gasteiger partial charge in [0.1, 0.15) is 0 Å². The molecule has 0 aliphatic carbocycles. The van der Waals surface area contributed by atoms with E-state index < -0.39 is 30.0 Å². The first-order valence-corrected chi connectivity index (χ1v) is 10.5. The molecular weight excluding hydrogens is 436 g/mol. The first-order valence-electron chi connectivity index (χ1n) is 10.1. The van der Waals surface area contributed by atoms with E-state index in [-0.39, 0.29) is 22.1 Å². The summed E-state index contributed by atoms with van der Waals surface area (Å²) < 4.78 is 10.5. The first-order chi connectivity index (χ1) is 15.4. The highest BCUT2D eigenvalue weighted by Gasteiger charge is 2.40. The highest BCUT2D eigenvalue weighted by atomic mass is 35.5. The summed E-state index contributed by atoms with van der Waals surface area (Å²) in [6.07, 6.45) is 1.05. The third-order valence-electron chi connectivity index (χ3n) is 5.42. The minimum absolute atomic E-state index is 0.0114. The number of nitrogens with zero attached hydrogens (tertiary/aromatic N) is 2. The SMILES string of the molecule is CCN1CC(O)C(N(C(=O)c2ccc(Cl)c3c2OC(=O)/C=C/C(=O)O3)c2ccccc2)C1. The number of likely N-dealkylation sites (tertiary alicyclic amines) is 1. The van der Waals surface area contributed by atoms with Gasteiger partial charge < -0.3 is 19.5 Å². The molecule has 2 aromatic carbocycles. The molecule has 32 heavy (non-hydrogen) atoms. The molecule has 0 spiro atoms. The fourth-order valence-electron chi connectivity index (χ4n) is 3.85. The maximum atomic E-state index is 13.8. The van der Waals surface area contributed by atoms with E-state index in [1.165, 1.54) is 17.0 Å². The second kappa shape index (κ2) is 9.12. The number of likely N-dealkylation sites (N-methyl/N-ethyl adjacent to an activating group) is 1. The maximum absolute atomic E-state index is 13.8. The van der Waals surface area contributed by atoms with Crippen LogP contribution in [-0.4, -0.2) is 59.6 Å². The van der Waals surface area contributed by atoms with E-state index >= 15 is 0 Å². The number of β-amino-alcohol motifs (C(OH)–C–C–N with tert-alkyl or cyclic N) is 1. The summed E-state index contributed by atoms with van der Waals surface area (Å²) >= 11 is 6.18. The van der Waals surface area contributed by atoms with Gasteiger partial charge in [-0.2, -0.15) is 0 Å². The van der Waals surface area contributed by atoms with Gasteiger partial charge in [0.2, 0.25) is 0 Å². The van der Waals surface area contributed by atoms with Crippen molar-refractivity contribution in [3.63, 3.8) is 0 Å². The number of hydrogen-bond donors (Lipinski definition) is 1. The van der Waals surface area contributed by atoms with Crippen molar-refractivity contribution in [3.8, 4) is 11.5 Å². The lowest BCUT2D eigenvalue weighted by molar-refractivity contribution is -0.133. The third kappa shape index (κ3) is 4.25. The summed E-state index contributed by atoms with van der Waals surface area (Å²) in [4.78, 5) is 41.4. The van der Waals surface area contributed by atoms with Gasteiger partial charge in [-0.25, -0.2) is 9.59 Å². The van der Waals surface area contributed by atoms with E-state index in [4.69, 9.17) is 21.1 Å². The van der Waals surface area contributed by atoms with Crippen molar-refractivity contribution in [1.29, 1.82) is 0 Å². The number of halogens is 1. The maximum Gasteiger partial charge on any atom is 0.336 e. The molecule has 2 aliphatic heterocycles. The zero-order valence-electron chi connectivity index (χ0n) is 17.2. The molecule has 9 heteroatoms. The Morgan fingerprint density at radius 2 is 1.72 bits per heavy atom. The Morgan fingerprint density at radius 1 is 1.06 bits per heavy atom. The Labute approximate surface area is 189 Å². The van der Waals surface area contributed by atoms with Crippen LogP contribution < -0.4 is 14.4 Å².